The SMILES string of the molecule is CN=C(NCCCOCC1CC1)NCCOc1ccc(F)cc1F.I. The van der Waals surface area contributed by atoms with Crippen LogP contribution in [0.15, 0.2) is 23.2 Å². The normalized spacial score (nSPS) is 14.0. The van der Waals surface area contributed by atoms with E-state index in [2.05, 4.69) is 15.6 Å². The Morgan fingerprint density at radius 1 is 1.20 bits per heavy atom. The lowest BCUT2D eigenvalue weighted by molar-refractivity contribution is 0.123. The zero-order chi connectivity index (χ0) is 17.2. The summed E-state index contributed by atoms with van der Waals surface area (Å²) >= 11 is 0. The van der Waals surface area contributed by atoms with Gasteiger partial charge in [0, 0.05) is 32.9 Å². The maximum Gasteiger partial charge on any atom is 0.191 e. The molecular formula is C17H26F2IN3O2. The van der Waals surface area contributed by atoms with E-state index in [1.807, 2.05) is 0 Å². The summed E-state index contributed by atoms with van der Waals surface area (Å²) < 4.78 is 37.0. The minimum atomic E-state index is -0.705. The number of ether oxygens (including phenoxy) is 2. The van der Waals surface area contributed by atoms with Crippen molar-refractivity contribution < 1.29 is 18.3 Å². The third-order valence-corrected chi connectivity index (χ3v) is 3.58. The molecule has 8 heteroatoms. The molecule has 0 saturated heterocycles. The van der Waals surface area contributed by atoms with Crippen molar-refractivity contribution in [3.8, 4) is 5.75 Å². The van der Waals surface area contributed by atoms with Crippen LogP contribution in [0.2, 0.25) is 0 Å². The first kappa shape index (κ1) is 21.9. The fourth-order valence-electron chi connectivity index (χ4n) is 2.06. The summed E-state index contributed by atoms with van der Waals surface area (Å²) in [7, 11) is 1.68. The van der Waals surface area contributed by atoms with Crippen LogP contribution < -0.4 is 15.4 Å². The number of benzene rings is 1. The monoisotopic (exact) mass is 469 g/mol. The van der Waals surface area contributed by atoms with E-state index >= 15 is 0 Å². The molecule has 0 unspecified atom stereocenters. The third-order valence-electron chi connectivity index (χ3n) is 3.58. The molecule has 1 saturated carbocycles. The Balaban J connectivity index is 0.00000312. The minimum Gasteiger partial charge on any atom is -0.489 e. The molecule has 1 aliphatic rings. The van der Waals surface area contributed by atoms with Crippen LogP contribution in [0.4, 0.5) is 8.78 Å². The van der Waals surface area contributed by atoms with Crippen molar-refractivity contribution in [2.24, 2.45) is 10.9 Å². The highest BCUT2D eigenvalue weighted by molar-refractivity contribution is 14.0. The van der Waals surface area contributed by atoms with Crippen molar-refractivity contribution in [1.29, 1.82) is 0 Å². The second-order valence-electron chi connectivity index (χ2n) is 5.72. The van der Waals surface area contributed by atoms with E-state index < -0.39 is 11.6 Å². The Bertz CT molecular complexity index is 543. The van der Waals surface area contributed by atoms with Crippen molar-refractivity contribution in [1.82, 2.24) is 10.6 Å². The van der Waals surface area contributed by atoms with Crippen molar-refractivity contribution in [2.45, 2.75) is 19.3 Å². The molecule has 0 bridgehead atoms. The molecule has 25 heavy (non-hydrogen) atoms. The first-order chi connectivity index (χ1) is 11.7. The highest BCUT2D eigenvalue weighted by Gasteiger charge is 2.20. The minimum absolute atomic E-state index is 0. The molecule has 0 radical (unpaired) electrons. The lowest BCUT2D eigenvalue weighted by Gasteiger charge is -2.13. The zero-order valence-corrected chi connectivity index (χ0v) is 16.7. The van der Waals surface area contributed by atoms with Gasteiger partial charge in [0.1, 0.15) is 12.4 Å². The van der Waals surface area contributed by atoms with Crippen LogP contribution in [-0.2, 0) is 4.74 Å². The number of nitrogens with one attached hydrogen (secondary N) is 2. The van der Waals surface area contributed by atoms with Crippen LogP contribution in [0, 0.1) is 17.6 Å². The maximum atomic E-state index is 13.4. The van der Waals surface area contributed by atoms with Gasteiger partial charge in [0.2, 0.25) is 0 Å². The van der Waals surface area contributed by atoms with Gasteiger partial charge in [-0.2, -0.15) is 0 Å². The van der Waals surface area contributed by atoms with E-state index in [1.165, 1.54) is 18.9 Å². The molecule has 1 aliphatic carbocycles. The Labute approximate surface area is 164 Å². The molecule has 2 rings (SSSR count). The average Bonchev–Trinajstić information content (AvgIpc) is 3.38. The number of hydrogen-bond donors (Lipinski definition) is 2. The van der Waals surface area contributed by atoms with Gasteiger partial charge < -0.3 is 20.1 Å². The number of rotatable bonds is 10. The number of aliphatic imine (C=N–C) groups is 1. The number of guanidine groups is 1. The lowest BCUT2D eigenvalue weighted by Crippen LogP contribution is -2.39. The molecule has 1 aromatic rings. The van der Waals surface area contributed by atoms with Crippen LogP contribution in [0.25, 0.3) is 0 Å². The van der Waals surface area contributed by atoms with E-state index in [0.29, 0.717) is 12.5 Å². The maximum absolute atomic E-state index is 13.4. The lowest BCUT2D eigenvalue weighted by atomic mass is 10.3. The predicted molar refractivity (Wildman–Crippen MR) is 105 cm³/mol. The van der Waals surface area contributed by atoms with Gasteiger partial charge in [-0.15, -0.1) is 24.0 Å². The standard InChI is InChI=1S/C17H25F2N3O2.HI/c1-20-17(21-7-2-9-23-12-13-3-4-13)22-8-10-24-16-6-5-14(18)11-15(16)19;/h5-6,11,13H,2-4,7-10,12H2,1H3,(H2,20,21,22);1H. The summed E-state index contributed by atoms with van der Waals surface area (Å²) in [5.74, 6) is 0.153. The summed E-state index contributed by atoms with van der Waals surface area (Å²) in [6.45, 7) is 3.08. The summed E-state index contributed by atoms with van der Waals surface area (Å²) in [6, 6.07) is 3.24. The highest BCUT2D eigenvalue weighted by atomic mass is 127. The molecule has 0 amide bonds. The van der Waals surface area contributed by atoms with Gasteiger partial charge in [-0.3, -0.25) is 4.99 Å². The van der Waals surface area contributed by atoms with E-state index in [1.54, 1.807) is 7.05 Å². The molecule has 0 aliphatic heterocycles. The Hall–Kier alpha value is -1.16. The summed E-state index contributed by atoms with van der Waals surface area (Å²) in [5, 5.41) is 6.24. The first-order valence-electron chi connectivity index (χ1n) is 8.29. The van der Waals surface area contributed by atoms with E-state index in [-0.39, 0.29) is 36.3 Å². The van der Waals surface area contributed by atoms with Crippen LogP contribution in [-0.4, -0.2) is 45.9 Å². The molecular weight excluding hydrogens is 443 g/mol. The largest absolute Gasteiger partial charge is 0.489 e. The van der Waals surface area contributed by atoms with Crippen molar-refractivity contribution in [3.05, 3.63) is 29.8 Å². The van der Waals surface area contributed by atoms with Gasteiger partial charge in [-0.1, -0.05) is 0 Å². The highest BCUT2D eigenvalue weighted by Crippen LogP contribution is 2.28. The molecule has 0 heterocycles. The molecule has 1 fully saturated rings. The van der Waals surface area contributed by atoms with E-state index in [9.17, 15) is 8.78 Å². The van der Waals surface area contributed by atoms with Gasteiger partial charge in [-0.25, -0.2) is 8.78 Å². The predicted octanol–water partition coefficient (Wildman–Crippen LogP) is 2.94. The van der Waals surface area contributed by atoms with Crippen LogP contribution in [0.1, 0.15) is 19.3 Å². The Morgan fingerprint density at radius 3 is 2.64 bits per heavy atom. The van der Waals surface area contributed by atoms with Gasteiger partial charge in [0.05, 0.1) is 6.54 Å². The van der Waals surface area contributed by atoms with Gasteiger partial charge in [0.25, 0.3) is 0 Å². The summed E-state index contributed by atoms with van der Waals surface area (Å²) in [6.07, 6.45) is 3.52. The number of hydrogen-bond acceptors (Lipinski definition) is 3. The molecule has 0 atom stereocenters. The molecule has 142 valence electrons. The number of nitrogens with zero attached hydrogens (tertiary/aromatic N) is 1. The van der Waals surface area contributed by atoms with Gasteiger partial charge in [0.15, 0.2) is 17.5 Å². The molecule has 5 nitrogen and oxygen atoms in total. The fourth-order valence-corrected chi connectivity index (χ4v) is 2.06. The van der Waals surface area contributed by atoms with Crippen LogP contribution in [0.3, 0.4) is 0 Å². The van der Waals surface area contributed by atoms with Crippen LogP contribution >= 0.6 is 24.0 Å². The smallest absolute Gasteiger partial charge is 0.191 e. The van der Waals surface area contributed by atoms with Gasteiger partial charge >= 0.3 is 0 Å². The molecule has 2 N–H and O–H groups in total. The van der Waals surface area contributed by atoms with E-state index in [4.69, 9.17) is 9.47 Å². The first-order valence-corrected chi connectivity index (χ1v) is 8.29. The zero-order valence-electron chi connectivity index (χ0n) is 14.4. The molecule has 0 aromatic heterocycles. The Kier molecular flexibility index (Phi) is 10.7. The second kappa shape index (κ2) is 12.2. The van der Waals surface area contributed by atoms with Crippen molar-refractivity contribution >= 4 is 29.9 Å². The number of halogens is 3. The van der Waals surface area contributed by atoms with E-state index in [0.717, 1.165) is 44.2 Å². The topological polar surface area (TPSA) is 54.9 Å². The summed E-state index contributed by atoms with van der Waals surface area (Å²) in [5.41, 5.74) is 0. The molecule has 0 spiro atoms. The fraction of sp³-hybridized carbons (Fsp3) is 0.588. The van der Waals surface area contributed by atoms with Crippen molar-refractivity contribution in [3.63, 3.8) is 0 Å². The van der Waals surface area contributed by atoms with Crippen LogP contribution in [0.5, 0.6) is 5.75 Å². The quantitative estimate of drug-likeness (QED) is 0.240. The second-order valence-corrected chi connectivity index (χ2v) is 5.72. The third kappa shape index (κ3) is 9.20. The molecule has 1 aromatic carbocycles. The van der Waals surface area contributed by atoms with Gasteiger partial charge in [-0.05, 0) is 37.3 Å². The van der Waals surface area contributed by atoms with Crippen molar-refractivity contribution in [2.75, 3.05) is 40.0 Å². The summed E-state index contributed by atoms with van der Waals surface area (Å²) in [4.78, 5) is 4.09. The Morgan fingerprint density at radius 2 is 1.96 bits per heavy atom. The average molecular weight is 469 g/mol.